The molecule has 16 heavy (non-hydrogen) atoms. The molecule has 0 radical (unpaired) electrons. The van der Waals surface area contributed by atoms with Crippen LogP contribution in [-0.2, 0) is 9.53 Å². The minimum absolute atomic E-state index is 0.678. The quantitative estimate of drug-likeness (QED) is 0.665. The third kappa shape index (κ3) is 3.96. The molecule has 0 aromatic heterocycles. The van der Waals surface area contributed by atoms with Crippen LogP contribution in [-0.4, -0.2) is 47.9 Å². The van der Waals surface area contributed by atoms with E-state index in [9.17, 15) is 9.90 Å². The Hall–Kier alpha value is -0.260. The van der Waals surface area contributed by atoms with Crippen molar-refractivity contribution in [3.05, 3.63) is 0 Å². The molecule has 0 saturated carbocycles. The van der Waals surface area contributed by atoms with Gasteiger partial charge in [0.25, 0.3) is 0 Å². The van der Waals surface area contributed by atoms with Gasteiger partial charge >= 0.3 is 5.97 Å². The summed E-state index contributed by atoms with van der Waals surface area (Å²) in [5.74, 6) is 1.04. The molecule has 0 aliphatic carbocycles. The Morgan fingerprint density at radius 2 is 2.44 bits per heavy atom. The van der Waals surface area contributed by atoms with Crippen molar-refractivity contribution in [2.45, 2.75) is 31.7 Å². The van der Waals surface area contributed by atoms with Crippen LogP contribution < -0.4 is 5.32 Å². The zero-order valence-electron chi connectivity index (χ0n) is 9.83. The Labute approximate surface area is 101 Å². The molecular weight excluding hydrogens is 226 g/mol. The monoisotopic (exact) mass is 247 g/mol. The zero-order valence-corrected chi connectivity index (χ0v) is 10.6. The SMILES string of the molecule is CCOCCCNC1(C(=O)O)CCCSC1. The number of carboxylic acid groups (broad SMARTS) is 1. The molecule has 0 aromatic rings. The summed E-state index contributed by atoms with van der Waals surface area (Å²) in [5, 5.41) is 12.5. The Balaban J connectivity index is 2.30. The van der Waals surface area contributed by atoms with Crippen molar-refractivity contribution >= 4 is 17.7 Å². The lowest BCUT2D eigenvalue weighted by Gasteiger charge is -2.33. The van der Waals surface area contributed by atoms with Gasteiger partial charge in [0.2, 0.25) is 0 Å². The summed E-state index contributed by atoms with van der Waals surface area (Å²) in [6.07, 6.45) is 2.59. The summed E-state index contributed by atoms with van der Waals surface area (Å²) in [6, 6.07) is 0. The van der Waals surface area contributed by atoms with Gasteiger partial charge in [-0.25, -0.2) is 0 Å². The van der Waals surface area contributed by atoms with Crippen LogP contribution in [0.4, 0.5) is 0 Å². The fraction of sp³-hybridized carbons (Fsp3) is 0.909. The minimum Gasteiger partial charge on any atom is -0.480 e. The average molecular weight is 247 g/mol. The molecular formula is C11H21NO3S. The lowest BCUT2D eigenvalue weighted by atomic mass is 9.95. The molecule has 1 fully saturated rings. The zero-order chi connectivity index (χ0) is 11.9. The molecule has 0 aromatic carbocycles. The van der Waals surface area contributed by atoms with E-state index in [1.807, 2.05) is 6.92 Å². The van der Waals surface area contributed by atoms with Crippen molar-refractivity contribution in [1.29, 1.82) is 0 Å². The van der Waals surface area contributed by atoms with E-state index in [-0.39, 0.29) is 0 Å². The molecule has 1 aliphatic heterocycles. The van der Waals surface area contributed by atoms with Crippen LogP contribution in [0.2, 0.25) is 0 Å². The van der Waals surface area contributed by atoms with Crippen molar-refractivity contribution in [2.75, 3.05) is 31.3 Å². The number of hydrogen-bond acceptors (Lipinski definition) is 4. The molecule has 94 valence electrons. The highest BCUT2D eigenvalue weighted by atomic mass is 32.2. The van der Waals surface area contributed by atoms with Gasteiger partial charge in [-0.15, -0.1) is 0 Å². The first-order valence-electron chi connectivity index (χ1n) is 5.85. The number of carboxylic acids is 1. The maximum absolute atomic E-state index is 11.3. The van der Waals surface area contributed by atoms with Gasteiger partial charge in [0.1, 0.15) is 5.54 Å². The van der Waals surface area contributed by atoms with Gasteiger partial charge in [0, 0.05) is 19.0 Å². The Bertz CT molecular complexity index is 217. The van der Waals surface area contributed by atoms with Gasteiger partial charge in [0.05, 0.1) is 0 Å². The summed E-state index contributed by atoms with van der Waals surface area (Å²) in [4.78, 5) is 11.3. The number of aliphatic carboxylic acids is 1. The number of ether oxygens (including phenoxy) is 1. The van der Waals surface area contributed by atoms with Crippen LogP contribution in [0.1, 0.15) is 26.2 Å². The molecule has 1 heterocycles. The van der Waals surface area contributed by atoms with Gasteiger partial charge in [-0.05, 0) is 38.5 Å². The number of thioether (sulfide) groups is 1. The maximum Gasteiger partial charge on any atom is 0.324 e. The fourth-order valence-electron chi connectivity index (χ4n) is 1.82. The summed E-state index contributed by atoms with van der Waals surface area (Å²) in [5.41, 5.74) is -0.699. The van der Waals surface area contributed by atoms with Crippen molar-refractivity contribution in [3.63, 3.8) is 0 Å². The van der Waals surface area contributed by atoms with Crippen molar-refractivity contribution < 1.29 is 14.6 Å². The van der Waals surface area contributed by atoms with E-state index in [0.29, 0.717) is 18.9 Å². The van der Waals surface area contributed by atoms with Crippen molar-refractivity contribution in [2.24, 2.45) is 0 Å². The summed E-state index contributed by atoms with van der Waals surface area (Å²) in [7, 11) is 0. The predicted molar refractivity (Wildman–Crippen MR) is 66.0 cm³/mol. The van der Waals surface area contributed by atoms with Crippen LogP contribution >= 0.6 is 11.8 Å². The van der Waals surface area contributed by atoms with Crippen molar-refractivity contribution in [1.82, 2.24) is 5.32 Å². The largest absolute Gasteiger partial charge is 0.480 e. The van der Waals surface area contributed by atoms with Gasteiger partial charge in [-0.1, -0.05) is 0 Å². The molecule has 0 amide bonds. The molecule has 5 heteroatoms. The Morgan fingerprint density at radius 1 is 1.62 bits per heavy atom. The molecule has 1 unspecified atom stereocenters. The van der Waals surface area contributed by atoms with Gasteiger partial charge in [-0.2, -0.15) is 11.8 Å². The van der Waals surface area contributed by atoms with E-state index in [2.05, 4.69) is 5.32 Å². The van der Waals surface area contributed by atoms with Crippen LogP contribution in [0.5, 0.6) is 0 Å². The first-order valence-corrected chi connectivity index (χ1v) is 7.00. The Morgan fingerprint density at radius 3 is 3.00 bits per heavy atom. The van der Waals surface area contributed by atoms with Gasteiger partial charge < -0.3 is 15.2 Å². The van der Waals surface area contributed by atoms with Crippen LogP contribution in [0.15, 0.2) is 0 Å². The maximum atomic E-state index is 11.3. The predicted octanol–water partition coefficient (Wildman–Crippen LogP) is 1.35. The normalized spacial score (nSPS) is 25.6. The Kier molecular flexibility index (Phi) is 6.16. The van der Waals surface area contributed by atoms with E-state index in [0.717, 1.165) is 31.6 Å². The average Bonchev–Trinajstić information content (AvgIpc) is 2.30. The molecule has 1 saturated heterocycles. The third-order valence-corrected chi connectivity index (χ3v) is 4.06. The number of rotatable bonds is 7. The van der Waals surface area contributed by atoms with E-state index >= 15 is 0 Å². The first kappa shape index (κ1) is 13.8. The van der Waals surface area contributed by atoms with E-state index < -0.39 is 11.5 Å². The van der Waals surface area contributed by atoms with Crippen molar-refractivity contribution in [3.8, 4) is 0 Å². The van der Waals surface area contributed by atoms with Gasteiger partial charge in [-0.3, -0.25) is 4.79 Å². The second kappa shape index (κ2) is 7.14. The number of hydrogen-bond donors (Lipinski definition) is 2. The fourth-order valence-corrected chi connectivity index (χ4v) is 3.04. The third-order valence-electron chi connectivity index (χ3n) is 2.78. The van der Waals surface area contributed by atoms with Crippen LogP contribution in [0.3, 0.4) is 0 Å². The molecule has 1 aliphatic rings. The smallest absolute Gasteiger partial charge is 0.324 e. The molecule has 4 nitrogen and oxygen atoms in total. The molecule has 0 spiro atoms. The number of carbonyl (C=O) groups is 1. The summed E-state index contributed by atoms with van der Waals surface area (Å²) >= 11 is 1.72. The molecule has 1 rings (SSSR count). The number of nitrogens with one attached hydrogen (secondary N) is 1. The van der Waals surface area contributed by atoms with Crippen LogP contribution in [0, 0.1) is 0 Å². The summed E-state index contributed by atoms with van der Waals surface area (Å²) in [6.45, 7) is 4.10. The van der Waals surface area contributed by atoms with E-state index in [1.54, 1.807) is 11.8 Å². The standard InChI is InChI=1S/C11H21NO3S/c1-2-15-7-4-6-12-11(10(13)14)5-3-8-16-9-11/h12H,2-9H2,1H3,(H,13,14). The van der Waals surface area contributed by atoms with E-state index in [1.165, 1.54) is 0 Å². The highest BCUT2D eigenvalue weighted by molar-refractivity contribution is 7.99. The second-order valence-electron chi connectivity index (χ2n) is 4.02. The second-order valence-corrected chi connectivity index (χ2v) is 5.13. The molecule has 0 bridgehead atoms. The topological polar surface area (TPSA) is 58.6 Å². The first-order chi connectivity index (χ1) is 7.71. The highest BCUT2D eigenvalue weighted by Crippen LogP contribution is 2.27. The molecule has 1 atom stereocenters. The lowest BCUT2D eigenvalue weighted by Crippen LogP contribution is -2.56. The highest BCUT2D eigenvalue weighted by Gasteiger charge is 2.39. The molecule has 2 N–H and O–H groups in total. The van der Waals surface area contributed by atoms with Gasteiger partial charge in [0.15, 0.2) is 0 Å². The summed E-state index contributed by atoms with van der Waals surface area (Å²) < 4.78 is 5.22. The van der Waals surface area contributed by atoms with E-state index in [4.69, 9.17) is 4.74 Å². The van der Waals surface area contributed by atoms with Crippen LogP contribution in [0.25, 0.3) is 0 Å². The minimum atomic E-state index is -0.712. The lowest BCUT2D eigenvalue weighted by molar-refractivity contribution is -0.144.